The van der Waals surface area contributed by atoms with Gasteiger partial charge in [-0.15, -0.1) is 5.10 Å². The molecule has 3 heteroatoms. The van der Waals surface area contributed by atoms with Gasteiger partial charge in [-0.25, -0.2) is 4.68 Å². The van der Waals surface area contributed by atoms with Gasteiger partial charge in [0.2, 0.25) is 0 Å². The molecule has 70 valence electrons. The molecule has 0 radical (unpaired) electrons. The molecule has 1 heterocycles. The SMILES string of the molecule is CC.CCc1cnnn1C(C)C. The number of hydrogen-bond acceptors (Lipinski definition) is 2. The molecule has 0 aliphatic rings. The summed E-state index contributed by atoms with van der Waals surface area (Å²) in [6.07, 6.45) is 2.82. The van der Waals surface area contributed by atoms with Gasteiger partial charge in [0.1, 0.15) is 0 Å². The highest BCUT2D eigenvalue weighted by Crippen LogP contribution is 2.05. The van der Waals surface area contributed by atoms with Crippen LogP contribution in [0.5, 0.6) is 0 Å². The van der Waals surface area contributed by atoms with E-state index in [0.717, 1.165) is 6.42 Å². The van der Waals surface area contributed by atoms with Gasteiger partial charge >= 0.3 is 0 Å². The van der Waals surface area contributed by atoms with Crippen molar-refractivity contribution in [2.45, 2.75) is 47.1 Å². The van der Waals surface area contributed by atoms with E-state index in [1.165, 1.54) is 5.69 Å². The minimum atomic E-state index is 0.428. The monoisotopic (exact) mass is 169 g/mol. The molecular formula is C9H19N3. The van der Waals surface area contributed by atoms with E-state index in [1.807, 2.05) is 24.7 Å². The van der Waals surface area contributed by atoms with Crippen LogP contribution >= 0.6 is 0 Å². The molecule has 0 aromatic carbocycles. The molecule has 1 rings (SSSR count). The lowest BCUT2D eigenvalue weighted by Gasteiger charge is -2.06. The Morgan fingerprint density at radius 2 is 2.00 bits per heavy atom. The lowest BCUT2D eigenvalue weighted by molar-refractivity contribution is 0.496. The summed E-state index contributed by atoms with van der Waals surface area (Å²) < 4.78 is 1.94. The van der Waals surface area contributed by atoms with E-state index in [2.05, 4.69) is 31.1 Å². The molecule has 1 aromatic heterocycles. The number of aryl methyl sites for hydroxylation is 1. The van der Waals surface area contributed by atoms with Crippen LogP contribution in [0.15, 0.2) is 6.20 Å². The molecule has 0 amide bonds. The average molecular weight is 169 g/mol. The molecule has 3 nitrogen and oxygen atoms in total. The molecule has 0 spiro atoms. The van der Waals surface area contributed by atoms with E-state index in [4.69, 9.17) is 0 Å². The zero-order valence-electron chi connectivity index (χ0n) is 8.70. The third-order valence-corrected chi connectivity index (χ3v) is 1.50. The summed E-state index contributed by atoms with van der Waals surface area (Å²) in [6.45, 7) is 10.3. The summed E-state index contributed by atoms with van der Waals surface area (Å²) >= 11 is 0. The lowest BCUT2D eigenvalue weighted by atomic mass is 10.3. The predicted molar refractivity (Wildman–Crippen MR) is 51.1 cm³/mol. The molecular weight excluding hydrogens is 150 g/mol. The van der Waals surface area contributed by atoms with Crippen molar-refractivity contribution in [2.24, 2.45) is 0 Å². The Balaban J connectivity index is 0.000000561. The quantitative estimate of drug-likeness (QED) is 0.680. The van der Waals surface area contributed by atoms with Crippen LogP contribution in [0.1, 0.15) is 46.4 Å². The Morgan fingerprint density at radius 3 is 2.33 bits per heavy atom. The Labute approximate surface area is 74.8 Å². The summed E-state index contributed by atoms with van der Waals surface area (Å²) in [7, 11) is 0. The highest BCUT2D eigenvalue weighted by Gasteiger charge is 2.03. The zero-order valence-corrected chi connectivity index (χ0v) is 8.70. The smallest absolute Gasteiger partial charge is 0.0725 e. The number of nitrogens with zero attached hydrogens (tertiary/aromatic N) is 3. The first kappa shape index (κ1) is 11.1. The van der Waals surface area contributed by atoms with Gasteiger partial charge in [0, 0.05) is 6.04 Å². The van der Waals surface area contributed by atoms with Gasteiger partial charge in [-0.2, -0.15) is 0 Å². The Bertz CT molecular complexity index is 203. The normalized spacial score (nSPS) is 9.50. The molecule has 0 N–H and O–H groups in total. The maximum Gasteiger partial charge on any atom is 0.0725 e. The van der Waals surface area contributed by atoms with Crippen LogP contribution < -0.4 is 0 Å². The Morgan fingerprint density at radius 1 is 1.42 bits per heavy atom. The summed E-state index contributed by atoms with van der Waals surface area (Å²) in [5, 5.41) is 7.78. The molecule has 0 bridgehead atoms. The average Bonchev–Trinajstić information content (AvgIpc) is 2.55. The molecule has 0 atom stereocenters. The maximum atomic E-state index is 3.95. The molecule has 0 saturated carbocycles. The highest BCUT2D eigenvalue weighted by molar-refractivity contribution is 4.93. The van der Waals surface area contributed by atoms with Crippen LogP contribution in [0.2, 0.25) is 0 Å². The van der Waals surface area contributed by atoms with E-state index in [0.29, 0.717) is 6.04 Å². The van der Waals surface area contributed by atoms with Crippen LogP contribution in [-0.4, -0.2) is 15.0 Å². The zero-order chi connectivity index (χ0) is 9.56. The first-order valence-electron chi connectivity index (χ1n) is 4.64. The first-order valence-corrected chi connectivity index (χ1v) is 4.64. The van der Waals surface area contributed by atoms with E-state index < -0.39 is 0 Å². The van der Waals surface area contributed by atoms with Crippen molar-refractivity contribution in [3.8, 4) is 0 Å². The second-order valence-corrected chi connectivity index (χ2v) is 2.62. The Hall–Kier alpha value is -0.860. The third kappa shape index (κ3) is 2.64. The van der Waals surface area contributed by atoms with Gasteiger partial charge in [-0.1, -0.05) is 26.0 Å². The van der Waals surface area contributed by atoms with Crippen LogP contribution in [0.4, 0.5) is 0 Å². The van der Waals surface area contributed by atoms with Crippen molar-refractivity contribution in [3.05, 3.63) is 11.9 Å². The van der Waals surface area contributed by atoms with Gasteiger partial charge in [-0.3, -0.25) is 0 Å². The third-order valence-electron chi connectivity index (χ3n) is 1.50. The van der Waals surface area contributed by atoms with E-state index in [1.54, 1.807) is 0 Å². The van der Waals surface area contributed by atoms with Crippen LogP contribution in [0.25, 0.3) is 0 Å². The van der Waals surface area contributed by atoms with Gasteiger partial charge in [-0.05, 0) is 20.3 Å². The van der Waals surface area contributed by atoms with Crippen molar-refractivity contribution in [3.63, 3.8) is 0 Å². The predicted octanol–water partition coefficient (Wildman–Crippen LogP) is 2.45. The second kappa shape index (κ2) is 5.75. The Kier molecular flexibility index (Phi) is 5.34. The van der Waals surface area contributed by atoms with Gasteiger partial charge in [0.05, 0.1) is 11.9 Å². The topological polar surface area (TPSA) is 30.7 Å². The summed E-state index contributed by atoms with van der Waals surface area (Å²) in [4.78, 5) is 0. The van der Waals surface area contributed by atoms with Crippen molar-refractivity contribution in [2.75, 3.05) is 0 Å². The summed E-state index contributed by atoms with van der Waals surface area (Å²) in [6, 6.07) is 0.428. The fourth-order valence-electron chi connectivity index (χ4n) is 0.953. The number of hydrogen-bond donors (Lipinski definition) is 0. The number of rotatable bonds is 2. The minimum absolute atomic E-state index is 0.428. The van der Waals surface area contributed by atoms with E-state index in [9.17, 15) is 0 Å². The molecule has 0 fully saturated rings. The van der Waals surface area contributed by atoms with Crippen molar-refractivity contribution >= 4 is 0 Å². The largest absolute Gasteiger partial charge is 0.247 e. The fraction of sp³-hybridized carbons (Fsp3) is 0.778. The molecule has 0 unspecified atom stereocenters. The standard InChI is InChI=1S/C7H13N3.C2H6/c1-4-7-5-8-9-10(7)6(2)3;1-2/h5-6H,4H2,1-3H3;1-2H3. The van der Waals surface area contributed by atoms with Crippen LogP contribution in [-0.2, 0) is 6.42 Å². The first-order chi connectivity index (χ1) is 5.75. The van der Waals surface area contributed by atoms with Crippen molar-refractivity contribution in [1.82, 2.24) is 15.0 Å². The number of aromatic nitrogens is 3. The summed E-state index contributed by atoms with van der Waals surface area (Å²) in [5.41, 5.74) is 1.20. The molecule has 0 saturated heterocycles. The van der Waals surface area contributed by atoms with Crippen LogP contribution in [0, 0.1) is 0 Å². The minimum Gasteiger partial charge on any atom is -0.247 e. The fourth-order valence-corrected chi connectivity index (χ4v) is 0.953. The van der Waals surface area contributed by atoms with Gasteiger partial charge in [0.15, 0.2) is 0 Å². The molecule has 12 heavy (non-hydrogen) atoms. The van der Waals surface area contributed by atoms with Gasteiger partial charge < -0.3 is 0 Å². The summed E-state index contributed by atoms with van der Waals surface area (Å²) in [5.74, 6) is 0. The molecule has 1 aromatic rings. The lowest BCUT2D eigenvalue weighted by Crippen LogP contribution is -2.06. The second-order valence-electron chi connectivity index (χ2n) is 2.62. The molecule has 0 aliphatic carbocycles. The van der Waals surface area contributed by atoms with Gasteiger partial charge in [0.25, 0.3) is 0 Å². The van der Waals surface area contributed by atoms with Crippen LogP contribution in [0.3, 0.4) is 0 Å². The van der Waals surface area contributed by atoms with E-state index in [-0.39, 0.29) is 0 Å². The van der Waals surface area contributed by atoms with Crippen molar-refractivity contribution < 1.29 is 0 Å². The maximum absolute atomic E-state index is 3.95. The van der Waals surface area contributed by atoms with Crippen molar-refractivity contribution in [1.29, 1.82) is 0 Å². The van der Waals surface area contributed by atoms with E-state index >= 15 is 0 Å². The molecule has 0 aliphatic heterocycles. The highest BCUT2D eigenvalue weighted by atomic mass is 15.4.